The number of H-pyrrole nitrogens is 1. The molecule has 0 radical (unpaired) electrons. The lowest BCUT2D eigenvalue weighted by atomic mass is 10.2. The Balaban J connectivity index is 1.69. The molecule has 0 amide bonds. The second kappa shape index (κ2) is 6.58. The minimum Gasteiger partial charge on any atom is -0.333 e. The van der Waals surface area contributed by atoms with Crippen LogP contribution in [-0.2, 0) is 6.54 Å². The first kappa shape index (κ1) is 16.2. The number of fused-ring (bicyclic) bond motifs is 1. The molecule has 6 heteroatoms. The third-order valence-corrected chi connectivity index (χ3v) is 4.79. The van der Waals surface area contributed by atoms with E-state index in [4.69, 9.17) is 11.6 Å². The zero-order valence-corrected chi connectivity index (χ0v) is 15.4. The van der Waals surface area contributed by atoms with Crippen molar-refractivity contribution in [1.29, 1.82) is 0 Å². The summed E-state index contributed by atoms with van der Waals surface area (Å²) in [5, 5.41) is 0.0864. The minimum absolute atomic E-state index is 0.0864. The number of nitrogens with one attached hydrogen (secondary N) is 1. The summed E-state index contributed by atoms with van der Waals surface area (Å²) in [6.07, 6.45) is 3.93. The maximum Gasteiger partial charge on any atom is 0.195 e. The van der Waals surface area contributed by atoms with Gasteiger partial charge in [-0.3, -0.25) is 0 Å². The summed E-state index contributed by atoms with van der Waals surface area (Å²) in [6.45, 7) is 0.739. The molecular weight excluding hydrogens is 405 g/mol. The minimum atomic E-state index is -0.467. The van der Waals surface area contributed by atoms with E-state index in [9.17, 15) is 4.39 Å². The van der Waals surface area contributed by atoms with Gasteiger partial charge in [0.05, 0.1) is 10.6 Å². The van der Waals surface area contributed by atoms with E-state index in [1.54, 1.807) is 12.1 Å². The van der Waals surface area contributed by atoms with Gasteiger partial charge in [0.2, 0.25) is 0 Å². The van der Waals surface area contributed by atoms with Crippen LogP contribution >= 0.6 is 27.5 Å². The standard InChI is InChI=1S/C19H12BrClFN3/c20-13-6-4-12(5-7-13)10-25-9-8-16-17(11-25)24-19(23-16)14-2-1-3-15(21)18(14)22/h1-9,11H,10H2/p+1. The third kappa shape index (κ3) is 3.30. The van der Waals surface area contributed by atoms with Crippen molar-refractivity contribution in [3.8, 4) is 11.4 Å². The van der Waals surface area contributed by atoms with E-state index in [1.165, 1.54) is 11.6 Å². The van der Waals surface area contributed by atoms with Crippen LogP contribution in [0.5, 0.6) is 0 Å². The van der Waals surface area contributed by atoms with Crippen molar-refractivity contribution in [1.82, 2.24) is 9.97 Å². The fraction of sp³-hybridized carbons (Fsp3) is 0.0526. The molecule has 0 saturated heterocycles. The number of aromatic amines is 1. The molecule has 0 bridgehead atoms. The van der Waals surface area contributed by atoms with Gasteiger partial charge < -0.3 is 4.98 Å². The zero-order valence-electron chi connectivity index (χ0n) is 13.0. The van der Waals surface area contributed by atoms with Crippen molar-refractivity contribution < 1.29 is 8.96 Å². The molecule has 0 atom stereocenters. The van der Waals surface area contributed by atoms with Crippen molar-refractivity contribution in [3.63, 3.8) is 0 Å². The average Bonchev–Trinajstić information content (AvgIpc) is 3.02. The largest absolute Gasteiger partial charge is 0.333 e. The van der Waals surface area contributed by atoms with Crippen molar-refractivity contribution in [2.75, 3.05) is 0 Å². The van der Waals surface area contributed by atoms with Crippen LogP contribution in [0.1, 0.15) is 5.56 Å². The molecule has 0 fully saturated rings. The normalized spacial score (nSPS) is 11.2. The smallest absolute Gasteiger partial charge is 0.195 e. The molecule has 2 heterocycles. The quantitative estimate of drug-likeness (QED) is 0.461. The SMILES string of the molecule is Fc1c(Cl)cccc1-c1nc2cc[n+](Cc3ccc(Br)cc3)cc2[nH]1. The Bertz CT molecular complexity index is 1060. The van der Waals surface area contributed by atoms with Crippen LogP contribution in [0.25, 0.3) is 22.4 Å². The fourth-order valence-electron chi connectivity index (χ4n) is 2.71. The first-order valence-corrected chi connectivity index (χ1v) is 8.85. The van der Waals surface area contributed by atoms with E-state index in [0.717, 1.165) is 22.1 Å². The summed E-state index contributed by atoms with van der Waals surface area (Å²) >= 11 is 9.30. The molecule has 4 rings (SSSR count). The lowest BCUT2D eigenvalue weighted by Gasteiger charge is -2.00. The number of hydrogen-bond acceptors (Lipinski definition) is 1. The predicted molar refractivity (Wildman–Crippen MR) is 99.9 cm³/mol. The maximum absolute atomic E-state index is 14.2. The fourth-order valence-corrected chi connectivity index (χ4v) is 3.15. The van der Waals surface area contributed by atoms with Crippen molar-refractivity contribution in [3.05, 3.63) is 81.8 Å². The molecule has 0 spiro atoms. The van der Waals surface area contributed by atoms with Crippen LogP contribution < -0.4 is 4.57 Å². The van der Waals surface area contributed by atoms with Crippen LogP contribution in [0.3, 0.4) is 0 Å². The lowest BCUT2D eigenvalue weighted by molar-refractivity contribution is -0.687. The monoisotopic (exact) mass is 416 g/mol. The summed E-state index contributed by atoms with van der Waals surface area (Å²) in [5.41, 5.74) is 3.17. The van der Waals surface area contributed by atoms with Crippen molar-refractivity contribution >= 4 is 38.6 Å². The van der Waals surface area contributed by atoms with Gasteiger partial charge in [0, 0.05) is 16.1 Å². The first-order chi connectivity index (χ1) is 12.1. The topological polar surface area (TPSA) is 32.6 Å². The number of pyridine rings is 1. The Kier molecular flexibility index (Phi) is 4.27. The van der Waals surface area contributed by atoms with Gasteiger partial charge in [-0.1, -0.05) is 45.7 Å². The summed E-state index contributed by atoms with van der Waals surface area (Å²) in [6, 6.07) is 15.0. The molecule has 0 aliphatic rings. The van der Waals surface area contributed by atoms with Gasteiger partial charge in [-0.25, -0.2) is 9.37 Å². The Morgan fingerprint density at radius 3 is 2.72 bits per heavy atom. The van der Waals surface area contributed by atoms with Gasteiger partial charge >= 0.3 is 0 Å². The van der Waals surface area contributed by atoms with E-state index in [0.29, 0.717) is 11.4 Å². The number of imidazole rings is 1. The third-order valence-electron chi connectivity index (χ3n) is 3.97. The van der Waals surface area contributed by atoms with Crippen LogP contribution in [0.15, 0.2) is 65.4 Å². The van der Waals surface area contributed by atoms with Crippen LogP contribution in [0.2, 0.25) is 5.02 Å². The van der Waals surface area contributed by atoms with Gasteiger partial charge in [-0.2, -0.15) is 4.57 Å². The molecule has 25 heavy (non-hydrogen) atoms. The number of hydrogen-bond donors (Lipinski definition) is 1. The number of aromatic nitrogens is 3. The van der Waals surface area contributed by atoms with Crippen LogP contribution in [0, 0.1) is 5.82 Å². The lowest BCUT2D eigenvalue weighted by Crippen LogP contribution is -2.33. The van der Waals surface area contributed by atoms with Crippen LogP contribution in [-0.4, -0.2) is 9.97 Å². The number of benzene rings is 2. The average molecular weight is 418 g/mol. The molecular formula is C19H13BrClFN3+. The molecule has 2 aromatic heterocycles. The molecule has 0 unspecified atom stereocenters. The van der Waals surface area contributed by atoms with Gasteiger partial charge in [0.25, 0.3) is 0 Å². The van der Waals surface area contributed by atoms with Gasteiger partial charge in [-0.05, 0) is 24.3 Å². The number of rotatable bonds is 3. The molecule has 3 nitrogen and oxygen atoms in total. The number of nitrogens with zero attached hydrogens (tertiary/aromatic N) is 2. The Morgan fingerprint density at radius 1 is 1.12 bits per heavy atom. The van der Waals surface area contributed by atoms with Crippen molar-refractivity contribution in [2.24, 2.45) is 0 Å². The molecule has 0 aliphatic carbocycles. The van der Waals surface area contributed by atoms with Gasteiger partial charge in [-0.15, -0.1) is 0 Å². The van der Waals surface area contributed by atoms with E-state index in [-0.39, 0.29) is 5.02 Å². The molecule has 2 aromatic carbocycles. The van der Waals surface area contributed by atoms with Gasteiger partial charge in [0.15, 0.2) is 24.8 Å². The van der Waals surface area contributed by atoms with E-state index in [1.807, 2.05) is 30.6 Å². The summed E-state index contributed by atoms with van der Waals surface area (Å²) in [4.78, 5) is 7.65. The first-order valence-electron chi connectivity index (χ1n) is 7.68. The van der Waals surface area contributed by atoms with E-state index < -0.39 is 5.82 Å². The Hall–Kier alpha value is -2.24. The van der Waals surface area contributed by atoms with E-state index in [2.05, 4.69) is 42.6 Å². The predicted octanol–water partition coefficient (Wildman–Crippen LogP) is 5.12. The summed E-state index contributed by atoms with van der Waals surface area (Å²) < 4.78 is 17.3. The van der Waals surface area contributed by atoms with Crippen LogP contribution in [0.4, 0.5) is 4.39 Å². The van der Waals surface area contributed by atoms with E-state index >= 15 is 0 Å². The highest BCUT2D eigenvalue weighted by atomic mass is 79.9. The summed E-state index contributed by atoms with van der Waals surface area (Å²) in [5.74, 6) is 0.00218. The molecule has 0 saturated carbocycles. The molecule has 0 aliphatic heterocycles. The number of halogens is 3. The van der Waals surface area contributed by atoms with Crippen molar-refractivity contribution in [2.45, 2.75) is 6.54 Å². The second-order valence-electron chi connectivity index (χ2n) is 5.73. The second-order valence-corrected chi connectivity index (χ2v) is 7.05. The highest BCUT2D eigenvalue weighted by molar-refractivity contribution is 9.10. The maximum atomic E-state index is 14.2. The molecule has 1 N–H and O–H groups in total. The molecule has 124 valence electrons. The zero-order chi connectivity index (χ0) is 17.4. The highest BCUT2D eigenvalue weighted by Gasteiger charge is 2.14. The van der Waals surface area contributed by atoms with Gasteiger partial charge in [0.1, 0.15) is 16.9 Å². The Morgan fingerprint density at radius 2 is 1.92 bits per heavy atom. The Labute approximate surface area is 157 Å². The molecule has 4 aromatic rings. The summed E-state index contributed by atoms with van der Waals surface area (Å²) in [7, 11) is 0. The highest BCUT2D eigenvalue weighted by Crippen LogP contribution is 2.26.